The quantitative estimate of drug-likeness (QED) is 0.546. The molecular weight excluding hydrogens is 182 g/mol. The summed E-state index contributed by atoms with van der Waals surface area (Å²) in [6.07, 6.45) is 1.98. The number of β-lactam (4-membered cyclic amide) rings is 1. The summed E-state index contributed by atoms with van der Waals surface area (Å²) in [5.74, 6) is -0.336. The summed E-state index contributed by atoms with van der Waals surface area (Å²) in [6.45, 7) is 5.33. The van der Waals surface area contributed by atoms with E-state index in [0.717, 1.165) is 12.8 Å². The number of ether oxygens (including phenoxy) is 1. The molecule has 0 aliphatic carbocycles. The summed E-state index contributed by atoms with van der Waals surface area (Å²) in [5, 5.41) is 2.62. The van der Waals surface area contributed by atoms with Crippen molar-refractivity contribution in [3.8, 4) is 0 Å². The van der Waals surface area contributed by atoms with Gasteiger partial charge < -0.3 is 10.1 Å². The fourth-order valence-corrected chi connectivity index (χ4v) is 1.96. The predicted octanol–water partition coefficient (Wildman–Crippen LogP) is 1.20. The van der Waals surface area contributed by atoms with Crippen molar-refractivity contribution >= 4 is 11.9 Å². The average Bonchev–Trinajstić information content (AvgIpc) is 2.12. The summed E-state index contributed by atoms with van der Waals surface area (Å²) in [4.78, 5) is 22.3. The van der Waals surface area contributed by atoms with E-state index in [1.54, 1.807) is 0 Å². The van der Waals surface area contributed by atoms with Crippen LogP contribution in [0.4, 0.5) is 0 Å². The third kappa shape index (κ3) is 1.61. The van der Waals surface area contributed by atoms with E-state index < -0.39 is 11.6 Å². The Morgan fingerprint density at radius 1 is 1.57 bits per heavy atom. The van der Waals surface area contributed by atoms with Gasteiger partial charge in [0.1, 0.15) is 5.41 Å². The summed E-state index contributed by atoms with van der Waals surface area (Å²) in [5.41, 5.74) is -0.472. The molecule has 0 radical (unpaired) electrons. The molecule has 1 fully saturated rings. The van der Waals surface area contributed by atoms with Gasteiger partial charge in [-0.2, -0.15) is 0 Å². The molecule has 1 amide bonds. The first-order chi connectivity index (χ1) is 6.56. The van der Waals surface area contributed by atoms with Crippen molar-refractivity contribution in [2.24, 2.45) is 5.41 Å². The van der Waals surface area contributed by atoms with Gasteiger partial charge in [0.25, 0.3) is 0 Å². The lowest BCUT2D eigenvalue weighted by Gasteiger charge is -2.46. The van der Waals surface area contributed by atoms with Gasteiger partial charge in [-0.05, 0) is 12.8 Å². The van der Waals surface area contributed by atoms with Crippen molar-refractivity contribution in [3.63, 3.8) is 0 Å². The molecule has 4 heteroatoms. The Labute approximate surface area is 84.0 Å². The molecule has 14 heavy (non-hydrogen) atoms. The molecule has 0 aromatic heterocycles. The van der Waals surface area contributed by atoms with Gasteiger partial charge in [-0.3, -0.25) is 9.59 Å². The second-order valence-corrected chi connectivity index (χ2v) is 3.72. The molecule has 1 rings (SSSR count). The zero-order valence-corrected chi connectivity index (χ0v) is 8.92. The Hall–Kier alpha value is -1.06. The molecule has 0 bridgehead atoms. The first-order valence-electron chi connectivity index (χ1n) is 5.05. The molecule has 1 unspecified atom stereocenters. The van der Waals surface area contributed by atoms with E-state index in [9.17, 15) is 9.59 Å². The van der Waals surface area contributed by atoms with Gasteiger partial charge in [0, 0.05) is 6.92 Å². The molecule has 1 saturated heterocycles. The number of amides is 1. The first kappa shape index (κ1) is 11.0. The number of hydrogen-bond acceptors (Lipinski definition) is 3. The van der Waals surface area contributed by atoms with Crippen molar-refractivity contribution < 1.29 is 14.3 Å². The maximum atomic E-state index is 11.5. The highest BCUT2D eigenvalue weighted by atomic mass is 16.6. The number of rotatable bonds is 4. The largest absolute Gasteiger partial charge is 0.441 e. The molecule has 0 aromatic rings. The normalized spacial score (nSPS) is 30.5. The van der Waals surface area contributed by atoms with E-state index in [-0.39, 0.29) is 11.9 Å². The molecule has 1 aliphatic rings. The number of hydrogen-bond donors (Lipinski definition) is 1. The van der Waals surface area contributed by atoms with Gasteiger partial charge in [-0.25, -0.2) is 0 Å². The minimum absolute atomic E-state index is 0.00750. The lowest BCUT2D eigenvalue weighted by Crippen LogP contribution is -2.68. The minimum Gasteiger partial charge on any atom is -0.441 e. The topological polar surface area (TPSA) is 55.4 Å². The molecule has 1 N–H and O–H groups in total. The highest BCUT2D eigenvalue weighted by molar-refractivity contribution is 5.90. The summed E-state index contributed by atoms with van der Waals surface area (Å²) in [6, 6.07) is 0. The van der Waals surface area contributed by atoms with Crippen LogP contribution < -0.4 is 5.32 Å². The Balaban J connectivity index is 2.70. The van der Waals surface area contributed by atoms with Crippen LogP contribution in [-0.4, -0.2) is 18.1 Å². The minimum atomic E-state index is -0.472. The van der Waals surface area contributed by atoms with Crippen molar-refractivity contribution in [3.05, 3.63) is 0 Å². The van der Waals surface area contributed by atoms with Gasteiger partial charge in [0.15, 0.2) is 6.23 Å². The third-order valence-corrected chi connectivity index (χ3v) is 2.83. The van der Waals surface area contributed by atoms with Crippen molar-refractivity contribution in [1.29, 1.82) is 0 Å². The zero-order valence-electron chi connectivity index (χ0n) is 8.92. The maximum absolute atomic E-state index is 11.5. The smallest absolute Gasteiger partial charge is 0.304 e. The molecule has 80 valence electrons. The summed E-state index contributed by atoms with van der Waals surface area (Å²) in [7, 11) is 0. The van der Waals surface area contributed by atoms with E-state index in [0.29, 0.717) is 6.42 Å². The second-order valence-electron chi connectivity index (χ2n) is 3.72. The molecule has 0 aromatic carbocycles. The van der Waals surface area contributed by atoms with E-state index >= 15 is 0 Å². The molecule has 0 spiro atoms. The number of esters is 1. The van der Waals surface area contributed by atoms with Crippen LogP contribution in [0.15, 0.2) is 0 Å². The first-order valence-corrected chi connectivity index (χ1v) is 5.05. The monoisotopic (exact) mass is 199 g/mol. The fraction of sp³-hybridized carbons (Fsp3) is 0.800. The average molecular weight is 199 g/mol. The number of carbonyl (C=O) groups excluding carboxylic acids is 2. The summed E-state index contributed by atoms with van der Waals surface area (Å²) < 4.78 is 5.05. The molecule has 2 atom stereocenters. The highest BCUT2D eigenvalue weighted by Gasteiger charge is 2.55. The Kier molecular flexibility index (Phi) is 3.13. The second kappa shape index (κ2) is 3.98. The number of carbonyl (C=O) groups is 2. The Morgan fingerprint density at radius 3 is 2.57 bits per heavy atom. The fourth-order valence-electron chi connectivity index (χ4n) is 1.96. The van der Waals surface area contributed by atoms with Gasteiger partial charge in [0.05, 0.1) is 0 Å². The van der Waals surface area contributed by atoms with Crippen LogP contribution in [0.5, 0.6) is 0 Å². The van der Waals surface area contributed by atoms with Gasteiger partial charge >= 0.3 is 5.97 Å². The SMILES string of the molecule is CCC[C@]1(CC)C(=O)NC1OC(C)=O. The van der Waals surface area contributed by atoms with Crippen LogP contribution in [0.25, 0.3) is 0 Å². The Morgan fingerprint density at radius 2 is 2.21 bits per heavy atom. The molecule has 4 nitrogen and oxygen atoms in total. The lowest BCUT2D eigenvalue weighted by molar-refractivity contribution is -0.184. The standard InChI is InChI=1S/C10H17NO3/c1-4-6-10(5-2)8(13)11-9(10)14-7(3)12/h9H,4-6H2,1-3H3,(H,11,13)/t9?,10-/m1/s1. The van der Waals surface area contributed by atoms with Crippen LogP contribution in [0.2, 0.25) is 0 Å². The van der Waals surface area contributed by atoms with Crippen molar-refractivity contribution in [2.45, 2.75) is 46.3 Å². The van der Waals surface area contributed by atoms with E-state index in [2.05, 4.69) is 5.32 Å². The van der Waals surface area contributed by atoms with Gasteiger partial charge in [0.2, 0.25) is 5.91 Å². The van der Waals surface area contributed by atoms with Gasteiger partial charge in [-0.1, -0.05) is 20.3 Å². The molecular formula is C10H17NO3. The highest BCUT2D eigenvalue weighted by Crippen LogP contribution is 2.39. The van der Waals surface area contributed by atoms with Crippen LogP contribution >= 0.6 is 0 Å². The van der Waals surface area contributed by atoms with Crippen LogP contribution in [0.1, 0.15) is 40.0 Å². The third-order valence-electron chi connectivity index (χ3n) is 2.83. The van der Waals surface area contributed by atoms with E-state index in [1.807, 2.05) is 13.8 Å². The number of nitrogens with one attached hydrogen (secondary N) is 1. The predicted molar refractivity (Wildman–Crippen MR) is 51.3 cm³/mol. The summed E-state index contributed by atoms with van der Waals surface area (Å²) >= 11 is 0. The maximum Gasteiger partial charge on any atom is 0.304 e. The molecule has 1 heterocycles. The van der Waals surface area contributed by atoms with Gasteiger partial charge in [-0.15, -0.1) is 0 Å². The van der Waals surface area contributed by atoms with Crippen LogP contribution in [-0.2, 0) is 14.3 Å². The van der Waals surface area contributed by atoms with E-state index in [1.165, 1.54) is 6.92 Å². The van der Waals surface area contributed by atoms with E-state index in [4.69, 9.17) is 4.74 Å². The Bertz CT molecular complexity index is 252. The lowest BCUT2D eigenvalue weighted by atomic mass is 9.72. The molecule has 1 aliphatic heterocycles. The van der Waals surface area contributed by atoms with Crippen molar-refractivity contribution in [1.82, 2.24) is 5.32 Å². The zero-order chi connectivity index (χ0) is 10.8. The molecule has 0 saturated carbocycles. The van der Waals surface area contributed by atoms with Crippen LogP contribution in [0, 0.1) is 5.41 Å². The van der Waals surface area contributed by atoms with Crippen molar-refractivity contribution in [2.75, 3.05) is 0 Å². The van der Waals surface area contributed by atoms with Crippen LogP contribution in [0.3, 0.4) is 0 Å².